The highest BCUT2D eigenvalue weighted by Gasteiger charge is 2.26. The van der Waals surface area contributed by atoms with E-state index in [1.54, 1.807) is 21.7 Å². The van der Waals surface area contributed by atoms with Gasteiger partial charge < -0.3 is 9.64 Å². The van der Waals surface area contributed by atoms with E-state index in [0.717, 1.165) is 11.9 Å². The molecule has 110 valence electrons. The maximum absolute atomic E-state index is 12.0. The third-order valence-corrected chi connectivity index (χ3v) is 3.69. The molecule has 1 saturated heterocycles. The van der Waals surface area contributed by atoms with Crippen molar-refractivity contribution in [3.8, 4) is 0 Å². The minimum absolute atomic E-state index is 0.0457. The van der Waals surface area contributed by atoms with Crippen molar-refractivity contribution in [2.45, 2.75) is 26.3 Å². The van der Waals surface area contributed by atoms with Gasteiger partial charge in [0.05, 0.1) is 23.9 Å². The molecule has 0 atom stereocenters. The summed E-state index contributed by atoms with van der Waals surface area (Å²) in [5.74, 6) is -0.391. The van der Waals surface area contributed by atoms with Crippen molar-refractivity contribution in [1.82, 2.24) is 15.0 Å². The number of carbonyl (C=O) groups is 2. The normalized spacial score (nSPS) is 15.0. The lowest BCUT2D eigenvalue weighted by molar-refractivity contribution is -0.117. The number of carbonyl (C=O) groups excluding carboxylic acids is 2. The van der Waals surface area contributed by atoms with E-state index in [2.05, 4.69) is 10.3 Å². The lowest BCUT2D eigenvalue weighted by Crippen LogP contribution is -2.24. The number of esters is 1. The van der Waals surface area contributed by atoms with Crippen LogP contribution < -0.4 is 4.90 Å². The molecule has 1 aromatic carbocycles. The van der Waals surface area contributed by atoms with Crippen LogP contribution in [0, 0.1) is 0 Å². The molecule has 21 heavy (non-hydrogen) atoms. The van der Waals surface area contributed by atoms with Crippen LogP contribution >= 0.6 is 0 Å². The van der Waals surface area contributed by atoms with Gasteiger partial charge in [-0.1, -0.05) is 5.21 Å². The largest absolute Gasteiger partial charge is 0.465 e. The molecule has 3 rings (SSSR count). The second kappa shape index (κ2) is 5.16. The van der Waals surface area contributed by atoms with Crippen LogP contribution in [0.2, 0.25) is 0 Å². The molecule has 1 aliphatic heterocycles. The number of amides is 1. The van der Waals surface area contributed by atoms with Gasteiger partial charge in [0.2, 0.25) is 5.91 Å². The van der Waals surface area contributed by atoms with Crippen molar-refractivity contribution in [3.05, 3.63) is 17.7 Å². The van der Waals surface area contributed by atoms with Crippen LogP contribution in [0.4, 0.5) is 5.69 Å². The molecule has 1 fully saturated rings. The standard InChI is InChI=1S/C14H16N4O3/c1-3-18-11-8-9(14(20)21-2)7-10(13(11)15-16-18)17-6-4-5-12(17)19/h7-8H,3-6H2,1-2H3. The Morgan fingerprint density at radius 1 is 1.43 bits per heavy atom. The second-order valence-corrected chi connectivity index (χ2v) is 4.91. The number of hydrogen-bond acceptors (Lipinski definition) is 5. The van der Waals surface area contributed by atoms with E-state index in [0.29, 0.717) is 36.3 Å². The Bertz CT molecular complexity index is 722. The van der Waals surface area contributed by atoms with Gasteiger partial charge in [-0.2, -0.15) is 0 Å². The van der Waals surface area contributed by atoms with Crippen molar-refractivity contribution in [2.24, 2.45) is 0 Å². The van der Waals surface area contributed by atoms with Crippen LogP contribution in [0.5, 0.6) is 0 Å². The van der Waals surface area contributed by atoms with Crippen molar-refractivity contribution >= 4 is 28.6 Å². The van der Waals surface area contributed by atoms with E-state index in [4.69, 9.17) is 4.74 Å². The number of methoxy groups -OCH3 is 1. The van der Waals surface area contributed by atoms with Crippen molar-refractivity contribution in [2.75, 3.05) is 18.6 Å². The first-order valence-electron chi connectivity index (χ1n) is 6.91. The first kappa shape index (κ1) is 13.5. The summed E-state index contributed by atoms with van der Waals surface area (Å²) in [7, 11) is 1.34. The van der Waals surface area contributed by atoms with Gasteiger partial charge >= 0.3 is 5.97 Å². The van der Waals surface area contributed by atoms with Gasteiger partial charge in [0.1, 0.15) is 5.52 Å². The Kier molecular flexibility index (Phi) is 3.32. The molecule has 0 bridgehead atoms. The summed E-state index contributed by atoms with van der Waals surface area (Å²) in [4.78, 5) is 25.5. The molecule has 1 amide bonds. The topological polar surface area (TPSA) is 77.3 Å². The highest BCUT2D eigenvalue weighted by molar-refractivity contribution is 6.05. The van der Waals surface area contributed by atoms with Crippen LogP contribution in [0.3, 0.4) is 0 Å². The van der Waals surface area contributed by atoms with Crippen LogP contribution in [0.1, 0.15) is 30.1 Å². The third kappa shape index (κ3) is 2.14. The molecule has 2 aromatic rings. The van der Waals surface area contributed by atoms with E-state index in [-0.39, 0.29) is 5.91 Å². The molecule has 0 spiro atoms. The predicted molar refractivity (Wildman–Crippen MR) is 76.1 cm³/mol. The van der Waals surface area contributed by atoms with Gasteiger partial charge in [-0.15, -0.1) is 5.10 Å². The van der Waals surface area contributed by atoms with Crippen molar-refractivity contribution in [1.29, 1.82) is 0 Å². The Hall–Kier alpha value is -2.44. The lowest BCUT2D eigenvalue weighted by Gasteiger charge is -2.17. The summed E-state index contributed by atoms with van der Waals surface area (Å²) in [6, 6.07) is 3.36. The fourth-order valence-corrected chi connectivity index (χ4v) is 2.63. The first-order chi connectivity index (χ1) is 10.2. The van der Waals surface area contributed by atoms with Gasteiger partial charge in [0.15, 0.2) is 0 Å². The molecule has 7 nitrogen and oxygen atoms in total. The minimum atomic E-state index is -0.436. The van der Waals surface area contributed by atoms with E-state index >= 15 is 0 Å². The van der Waals surface area contributed by atoms with Gasteiger partial charge in [0, 0.05) is 19.5 Å². The number of fused-ring (bicyclic) bond motifs is 1. The number of anilines is 1. The van der Waals surface area contributed by atoms with Crippen LogP contribution in [-0.2, 0) is 16.1 Å². The Labute approximate surface area is 121 Å². The average molecular weight is 288 g/mol. The van der Waals surface area contributed by atoms with Gasteiger partial charge in [-0.25, -0.2) is 9.48 Å². The van der Waals surface area contributed by atoms with Crippen LogP contribution in [0.15, 0.2) is 12.1 Å². The quantitative estimate of drug-likeness (QED) is 0.797. The molecule has 1 aromatic heterocycles. The molecule has 1 aliphatic rings. The predicted octanol–water partition coefficient (Wildman–Crippen LogP) is 1.36. The molecule has 0 unspecified atom stereocenters. The van der Waals surface area contributed by atoms with Crippen LogP contribution in [0.25, 0.3) is 11.0 Å². The van der Waals surface area contributed by atoms with E-state index < -0.39 is 5.97 Å². The number of benzene rings is 1. The van der Waals surface area contributed by atoms with Gasteiger partial charge in [-0.3, -0.25) is 4.79 Å². The molecule has 0 saturated carbocycles. The van der Waals surface area contributed by atoms with Gasteiger partial charge in [0.25, 0.3) is 0 Å². The number of aromatic nitrogens is 3. The van der Waals surface area contributed by atoms with Crippen molar-refractivity contribution < 1.29 is 14.3 Å². The van der Waals surface area contributed by atoms with E-state index in [9.17, 15) is 9.59 Å². The monoisotopic (exact) mass is 288 g/mol. The molecule has 7 heteroatoms. The summed E-state index contributed by atoms with van der Waals surface area (Å²) in [6.45, 7) is 3.21. The number of aryl methyl sites for hydroxylation is 1. The number of nitrogens with zero attached hydrogens (tertiary/aromatic N) is 4. The fourth-order valence-electron chi connectivity index (χ4n) is 2.63. The molecule has 0 aliphatic carbocycles. The molecular formula is C14H16N4O3. The summed E-state index contributed by atoms with van der Waals surface area (Å²) < 4.78 is 6.49. The highest BCUT2D eigenvalue weighted by atomic mass is 16.5. The third-order valence-electron chi connectivity index (χ3n) is 3.69. The molecule has 0 N–H and O–H groups in total. The first-order valence-corrected chi connectivity index (χ1v) is 6.91. The van der Waals surface area contributed by atoms with E-state index in [1.807, 2.05) is 6.92 Å². The zero-order valence-electron chi connectivity index (χ0n) is 12.0. The summed E-state index contributed by atoms with van der Waals surface area (Å²) in [5.41, 5.74) is 2.40. The summed E-state index contributed by atoms with van der Waals surface area (Å²) >= 11 is 0. The second-order valence-electron chi connectivity index (χ2n) is 4.91. The van der Waals surface area contributed by atoms with Crippen molar-refractivity contribution in [3.63, 3.8) is 0 Å². The van der Waals surface area contributed by atoms with Crippen LogP contribution in [-0.4, -0.2) is 40.5 Å². The fraction of sp³-hybridized carbons (Fsp3) is 0.429. The zero-order chi connectivity index (χ0) is 15.0. The number of ether oxygens (including phenoxy) is 1. The molecular weight excluding hydrogens is 272 g/mol. The van der Waals surface area contributed by atoms with Gasteiger partial charge in [-0.05, 0) is 25.5 Å². The number of hydrogen-bond donors (Lipinski definition) is 0. The maximum Gasteiger partial charge on any atom is 0.338 e. The van der Waals surface area contributed by atoms with E-state index in [1.165, 1.54) is 7.11 Å². The summed E-state index contributed by atoms with van der Waals surface area (Å²) in [5, 5.41) is 8.24. The average Bonchev–Trinajstić information content (AvgIpc) is 3.11. The minimum Gasteiger partial charge on any atom is -0.465 e. The highest BCUT2D eigenvalue weighted by Crippen LogP contribution is 2.30. The number of rotatable bonds is 3. The SMILES string of the molecule is CCn1nnc2c(N3CCCC3=O)cc(C(=O)OC)cc21. The summed E-state index contributed by atoms with van der Waals surface area (Å²) in [6.07, 6.45) is 1.33. The Balaban J connectivity index is 2.23. The Morgan fingerprint density at radius 2 is 2.24 bits per heavy atom. The smallest absolute Gasteiger partial charge is 0.338 e. The maximum atomic E-state index is 12.0. The molecule has 2 heterocycles. The molecule has 0 radical (unpaired) electrons. The lowest BCUT2D eigenvalue weighted by atomic mass is 10.1. The zero-order valence-corrected chi connectivity index (χ0v) is 12.0. The Morgan fingerprint density at radius 3 is 2.86 bits per heavy atom.